The normalized spacial score (nSPS) is 32.0. The average Bonchev–Trinajstić information content (AvgIpc) is 2.29. The van der Waals surface area contributed by atoms with Crippen LogP contribution in [0.4, 0.5) is 0 Å². The predicted octanol–water partition coefficient (Wildman–Crippen LogP) is 3.55. The van der Waals surface area contributed by atoms with Crippen molar-refractivity contribution < 1.29 is 0 Å². The van der Waals surface area contributed by atoms with E-state index in [0.29, 0.717) is 0 Å². The van der Waals surface area contributed by atoms with E-state index in [9.17, 15) is 0 Å². The molecule has 0 N–H and O–H groups in total. The largest absolute Gasteiger partial charge is 0.0996 e. The highest BCUT2D eigenvalue weighted by Crippen LogP contribution is 2.37. The van der Waals surface area contributed by atoms with Crippen LogP contribution in [-0.2, 0) is 0 Å². The molecular weight excluding hydrogens is 132 g/mol. The first kappa shape index (κ1) is 8.58. The fourth-order valence-corrected chi connectivity index (χ4v) is 1.88. The second-order valence-electron chi connectivity index (χ2n) is 3.59. The first-order valence-electron chi connectivity index (χ1n) is 4.54. The zero-order valence-corrected chi connectivity index (χ0v) is 7.64. The van der Waals surface area contributed by atoms with Gasteiger partial charge in [-0.1, -0.05) is 31.2 Å². The molecule has 1 fully saturated rings. The number of rotatable bonds is 2. The van der Waals surface area contributed by atoms with E-state index < -0.39 is 0 Å². The van der Waals surface area contributed by atoms with E-state index >= 15 is 0 Å². The van der Waals surface area contributed by atoms with Gasteiger partial charge in [-0.3, -0.25) is 0 Å². The lowest BCUT2D eigenvalue weighted by Crippen LogP contribution is -2.03. The molecule has 2 atom stereocenters. The molecule has 0 heterocycles. The van der Waals surface area contributed by atoms with Gasteiger partial charge in [0, 0.05) is 0 Å². The maximum Gasteiger partial charge on any atom is -0.0146 e. The zero-order chi connectivity index (χ0) is 8.27. The number of hydrogen-bond donors (Lipinski definition) is 0. The molecule has 0 aromatic carbocycles. The molecule has 2 unspecified atom stereocenters. The SMILES string of the molecule is C=C1CCC(C)C1CC=CC. The molecular formula is C11H18. The van der Waals surface area contributed by atoms with Gasteiger partial charge in [-0.05, 0) is 38.0 Å². The van der Waals surface area contributed by atoms with E-state index in [2.05, 4.69) is 32.6 Å². The van der Waals surface area contributed by atoms with Gasteiger partial charge < -0.3 is 0 Å². The second kappa shape index (κ2) is 3.75. The van der Waals surface area contributed by atoms with E-state index in [1.54, 1.807) is 0 Å². The summed E-state index contributed by atoms with van der Waals surface area (Å²) in [6.45, 7) is 8.53. The summed E-state index contributed by atoms with van der Waals surface area (Å²) in [6.07, 6.45) is 8.21. The summed E-state index contributed by atoms with van der Waals surface area (Å²) in [5.41, 5.74) is 1.47. The van der Waals surface area contributed by atoms with Crippen molar-refractivity contribution in [3.05, 3.63) is 24.3 Å². The third-order valence-electron chi connectivity index (χ3n) is 2.76. The van der Waals surface area contributed by atoms with Gasteiger partial charge in [-0.25, -0.2) is 0 Å². The van der Waals surface area contributed by atoms with Crippen LogP contribution in [0.1, 0.15) is 33.1 Å². The van der Waals surface area contributed by atoms with Crippen molar-refractivity contribution in [3.8, 4) is 0 Å². The van der Waals surface area contributed by atoms with Crippen LogP contribution in [0.5, 0.6) is 0 Å². The number of allylic oxidation sites excluding steroid dienone is 3. The van der Waals surface area contributed by atoms with Gasteiger partial charge in [0.15, 0.2) is 0 Å². The monoisotopic (exact) mass is 150 g/mol. The zero-order valence-electron chi connectivity index (χ0n) is 7.64. The Kier molecular flexibility index (Phi) is 2.92. The molecule has 0 aliphatic heterocycles. The van der Waals surface area contributed by atoms with Crippen molar-refractivity contribution in [3.63, 3.8) is 0 Å². The molecule has 1 saturated carbocycles. The molecule has 1 aliphatic rings. The molecule has 1 aliphatic carbocycles. The van der Waals surface area contributed by atoms with Gasteiger partial charge in [0.1, 0.15) is 0 Å². The lowest BCUT2D eigenvalue weighted by molar-refractivity contribution is 0.463. The van der Waals surface area contributed by atoms with Gasteiger partial charge in [0.25, 0.3) is 0 Å². The van der Waals surface area contributed by atoms with Gasteiger partial charge in [-0.15, -0.1) is 0 Å². The predicted molar refractivity (Wildman–Crippen MR) is 50.5 cm³/mol. The van der Waals surface area contributed by atoms with Crippen molar-refractivity contribution in [2.24, 2.45) is 11.8 Å². The Labute approximate surface area is 70.0 Å². The van der Waals surface area contributed by atoms with Crippen molar-refractivity contribution >= 4 is 0 Å². The molecule has 62 valence electrons. The fraction of sp³-hybridized carbons (Fsp3) is 0.636. The van der Waals surface area contributed by atoms with Crippen LogP contribution in [0, 0.1) is 11.8 Å². The Balaban J connectivity index is 2.47. The van der Waals surface area contributed by atoms with Crippen LogP contribution in [0.3, 0.4) is 0 Å². The maximum absolute atomic E-state index is 4.11. The third kappa shape index (κ3) is 1.95. The van der Waals surface area contributed by atoms with Crippen LogP contribution < -0.4 is 0 Å². The van der Waals surface area contributed by atoms with Crippen LogP contribution in [-0.4, -0.2) is 0 Å². The Morgan fingerprint density at radius 1 is 1.64 bits per heavy atom. The Bertz CT molecular complexity index is 165. The quantitative estimate of drug-likeness (QED) is 0.528. The lowest BCUT2D eigenvalue weighted by Gasteiger charge is -2.13. The van der Waals surface area contributed by atoms with Crippen LogP contribution in [0.15, 0.2) is 24.3 Å². The molecule has 0 aromatic rings. The summed E-state index contributed by atoms with van der Waals surface area (Å²) in [6, 6.07) is 0. The Morgan fingerprint density at radius 3 is 2.82 bits per heavy atom. The van der Waals surface area contributed by atoms with Crippen molar-refractivity contribution in [2.75, 3.05) is 0 Å². The number of hydrogen-bond acceptors (Lipinski definition) is 0. The highest BCUT2D eigenvalue weighted by atomic mass is 14.3. The molecule has 0 heteroatoms. The van der Waals surface area contributed by atoms with Gasteiger partial charge in [0.2, 0.25) is 0 Å². The summed E-state index contributed by atoms with van der Waals surface area (Å²) in [4.78, 5) is 0. The minimum Gasteiger partial charge on any atom is -0.0996 e. The van der Waals surface area contributed by atoms with Crippen LogP contribution >= 0.6 is 0 Å². The standard InChI is InChI=1S/C11H18/c1-4-5-6-11-9(2)7-8-10(11)3/h4-5,10-11H,2,6-8H2,1,3H3. The van der Waals surface area contributed by atoms with Crippen molar-refractivity contribution in [1.29, 1.82) is 0 Å². The third-order valence-corrected chi connectivity index (χ3v) is 2.76. The minimum atomic E-state index is 0.770. The van der Waals surface area contributed by atoms with E-state index in [1.165, 1.54) is 24.8 Å². The Morgan fingerprint density at radius 2 is 2.36 bits per heavy atom. The topological polar surface area (TPSA) is 0 Å². The smallest absolute Gasteiger partial charge is 0.0146 e. The molecule has 0 nitrogen and oxygen atoms in total. The first-order chi connectivity index (χ1) is 5.25. The van der Waals surface area contributed by atoms with Crippen molar-refractivity contribution in [2.45, 2.75) is 33.1 Å². The highest BCUT2D eigenvalue weighted by Gasteiger charge is 2.25. The second-order valence-corrected chi connectivity index (χ2v) is 3.59. The van der Waals surface area contributed by atoms with E-state index in [0.717, 1.165) is 11.8 Å². The molecule has 0 saturated heterocycles. The maximum atomic E-state index is 4.11. The summed E-state index contributed by atoms with van der Waals surface area (Å²) < 4.78 is 0. The molecule has 0 amide bonds. The average molecular weight is 150 g/mol. The molecule has 0 bridgehead atoms. The summed E-state index contributed by atoms with van der Waals surface area (Å²) >= 11 is 0. The van der Waals surface area contributed by atoms with Crippen LogP contribution in [0.25, 0.3) is 0 Å². The summed E-state index contributed by atoms with van der Waals surface area (Å²) in [7, 11) is 0. The first-order valence-corrected chi connectivity index (χ1v) is 4.54. The van der Waals surface area contributed by atoms with Gasteiger partial charge >= 0.3 is 0 Å². The highest BCUT2D eigenvalue weighted by molar-refractivity contribution is 5.10. The van der Waals surface area contributed by atoms with Crippen molar-refractivity contribution in [1.82, 2.24) is 0 Å². The van der Waals surface area contributed by atoms with Crippen LogP contribution in [0.2, 0.25) is 0 Å². The Hall–Kier alpha value is -0.520. The van der Waals surface area contributed by atoms with Gasteiger partial charge in [0.05, 0.1) is 0 Å². The molecule has 11 heavy (non-hydrogen) atoms. The molecule has 0 spiro atoms. The summed E-state index contributed by atoms with van der Waals surface area (Å²) in [5, 5.41) is 0. The fourth-order valence-electron chi connectivity index (χ4n) is 1.88. The van der Waals surface area contributed by atoms with E-state index in [4.69, 9.17) is 0 Å². The molecule has 0 radical (unpaired) electrons. The summed E-state index contributed by atoms with van der Waals surface area (Å²) in [5.74, 6) is 1.63. The van der Waals surface area contributed by atoms with E-state index in [1.807, 2.05) is 0 Å². The van der Waals surface area contributed by atoms with E-state index in [-0.39, 0.29) is 0 Å². The minimum absolute atomic E-state index is 0.770. The lowest BCUT2D eigenvalue weighted by atomic mass is 9.92. The van der Waals surface area contributed by atoms with Gasteiger partial charge in [-0.2, -0.15) is 0 Å². The molecule has 0 aromatic heterocycles. The molecule has 1 rings (SSSR count).